The Labute approximate surface area is 124 Å². The van der Waals surface area contributed by atoms with E-state index in [1.54, 1.807) is 0 Å². The van der Waals surface area contributed by atoms with Crippen LogP contribution in [-0.2, 0) is 9.59 Å². The Morgan fingerprint density at radius 3 is 2.67 bits per heavy atom. The van der Waals surface area contributed by atoms with Gasteiger partial charge in [-0.25, -0.2) is 0 Å². The number of rotatable bonds is 2. The van der Waals surface area contributed by atoms with Crippen LogP contribution in [0, 0.1) is 5.92 Å². The standard InChI is InChI=1S/C16H21N3O2/c1-18-7-8-19(16(21)13-9-15(20)17-10-13)14(11-18)12-5-3-2-4-6-12/h2-6,13-14H,7-11H2,1H3,(H,17,20). The Kier molecular flexibility index (Phi) is 3.92. The predicted molar refractivity (Wildman–Crippen MR) is 79.5 cm³/mol. The molecule has 21 heavy (non-hydrogen) atoms. The Hall–Kier alpha value is -1.88. The molecule has 0 radical (unpaired) electrons. The Balaban J connectivity index is 1.81. The maximum Gasteiger partial charge on any atom is 0.228 e. The monoisotopic (exact) mass is 287 g/mol. The lowest BCUT2D eigenvalue weighted by atomic mass is 9.99. The van der Waals surface area contributed by atoms with Crippen LogP contribution < -0.4 is 5.32 Å². The molecule has 2 heterocycles. The van der Waals surface area contributed by atoms with E-state index in [0.717, 1.165) is 25.2 Å². The molecule has 1 aromatic carbocycles. The van der Waals surface area contributed by atoms with Gasteiger partial charge >= 0.3 is 0 Å². The molecule has 3 rings (SSSR count). The lowest BCUT2D eigenvalue weighted by Gasteiger charge is -2.41. The number of benzene rings is 1. The summed E-state index contributed by atoms with van der Waals surface area (Å²) in [5.41, 5.74) is 1.16. The van der Waals surface area contributed by atoms with Crippen molar-refractivity contribution in [3.63, 3.8) is 0 Å². The number of piperazine rings is 1. The van der Waals surface area contributed by atoms with Gasteiger partial charge in [0.15, 0.2) is 0 Å². The zero-order chi connectivity index (χ0) is 14.8. The van der Waals surface area contributed by atoms with Crippen molar-refractivity contribution in [1.82, 2.24) is 15.1 Å². The zero-order valence-electron chi connectivity index (χ0n) is 12.3. The van der Waals surface area contributed by atoms with Crippen LogP contribution in [0.1, 0.15) is 18.0 Å². The topological polar surface area (TPSA) is 52.6 Å². The highest BCUT2D eigenvalue weighted by atomic mass is 16.2. The van der Waals surface area contributed by atoms with Crippen LogP contribution in [0.4, 0.5) is 0 Å². The van der Waals surface area contributed by atoms with Gasteiger partial charge in [0.2, 0.25) is 11.8 Å². The van der Waals surface area contributed by atoms with Crippen molar-refractivity contribution in [3.05, 3.63) is 35.9 Å². The zero-order valence-corrected chi connectivity index (χ0v) is 12.3. The highest BCUT2D eigenvalue weighted by Crippen LogP contribution is 2.27. The van der Waals surface area contributed by atoms with E-state index in [2.05, 4.69) is 29.4 Å². The van der Waals surface area contributed by atoms with E-state index < -0.39 is 0 Å². The molecule has 2 aliphatic heterocycles. The van der Waals surface area contributed by atoms with Crippen molar-refractivity contribution in [2.45, 2.75) is 12.5 Å². The molecule has 1 N–H and O–H groups in total. The van der Waals surface area contributed by atoms with E-state index in [4.69, 9.17) is 0 Å². The van der Waals surface area contributed by atoms with E-state index >= 15 is 0 Å². The van der Waals surface area contributed by atoms with Crippen LogP contribution in [0.25, 0.3) is 0 Å². The molecule has 5 nitrogen and oxygen atoms in total. The number of hydrogen-bond donors (Lipinski definition) is 1. The van der Waals surface area contributed by atoms with Gasteiger partial charge in [-0.1, -0.05) is 30.3 Å². The fourth-order valence-electron chi connectivity index (χ4n) is 3.16. The van der Waals surface area contributed by atoms with Gasteiger partial charge in [0.25, 0.3) is 0 Å². The number of nitrogens with one attached hydrogen (secondary N) is 1. The fourth-order valence-corrected chi connectivity index (χ4v) is 3.16. The van der Waals surface area contributed by atoms with Gasteiger partial charge in [-0.15, -0.1) is 0 Å². The summed E-state index contributed by atoms with van der Waals surface area (Å²) in [7, 11) is 2.08. The molecule has 2 unspecified atom stereocenters. The molecule has 2 saturated heterocycles. The Morgan fingerprint density at radius 2 is 2.00 bits per heavy atom. The smallest absolute Gasteiger partial charge is 0.228 e. The summed E-state index contributed by atoms with van der Waals surface area (Å²) in [6.07, 6.45) is 0.326. The first-order valence-corrected chi connectivity index (χ1v) is 7.46. The summed E-state index contributed by atoms with van der Waals surface area (Å²) in [5.74, 6) is -0.110. The average molecular weight is 287 g/mol. The number of carbonyl (C=O) groups excluding carboxylic acids is 2. The molecular formula is C16H21N3O2. The Bertz CT molecular complexity index is 532. The van der Waals surface area contributed by atoms with Crippen molar-refractivity contribution in [2.24, 2.45) is 5.92 Å². The summed E-state index contributed by atoms with van der Waals surface area (Å²) in [6.45, 7) is 2.91. The molecule has 112 valence electrons. The van der Waals surface area contributed by atoms with Crippen LogP contribution in [0.2, 0.25) is 0 Å². The molecule has 2 amide bonds. The van der Waals surface area contributed by atoms with Crippen molar-refractivity contribution >= 4 is 11.8 Å². The Morgan fingerprint density at radius 1 is 1.24 bits per heavy atom. The van der Waals surface area contributed by atoms with Gasteiger partial charge in [-0.3, -0.25) is 9.59 Å². The van der Waals surface area contributed by atoms with Crippen LogP contribution >= 0.6 is 0 Å². The second-order valence-corrected chi connectivity index (χ2v) is 5.93. The summed E-state index contributed by atoms with van der Waals surface area (Å²) in [5, 5.41) is 2.76. The fraction of sp³-hybridized carbons (Fsp3) is 0.500. The summed E-state index contributed by atoms with van der Waals surface area (Å²) in [6, 6.07) is 10.2. The van der Waals surface area contributed by atoms with Crippen LogP contribution in [0.3, 0.4) is 0 Å². The first-order valence-electron chi connectivity index (χ1n) is 7.46. The molecule has 0 aromatic heterocycles. The van der Waals surface area contributed by atoms with E-state index in [1.807, 2.05) is 23.1 Å². The third kappa shape index (κ3) is 2.93. The van der Waals surface area contributed by atoms with E-state index in [1.165, 1.54) is 0 Å². The van der Waals surface area contributed by atoms with Gasteiger partial charge in [0.1, 0.15) is 0 Å². The normalized spacial score (nSPS) is 26.7. The van der Waals surface area contributed by atoms with Gasteiger partial charge in [0.05, 0.1) is 12.0 Å². The minimum atomic E-state index is -0.202. The van der Waals surface area contributed by atoms with Gasteiger partial charge < -0.3 is 15.1 Å². The van der Waals surface area contributed by atoms with Crippen molar-refractivity contribution in [1.29, 1.82) is 0 Å². The molecule has 0 aliphatic carbocycles. The van der Waals surface area contributed by atoms with Crippen molar-refractivity contribution < 1.29 is 9.59 Å². The number of nitrogens with zero attached hydrogens (tertiary/aromatic N) is 2. The molecule has 1 aromatic rings. The maximum absolute atomic E-state index is 12.8. The molecule has 2 aliphatic rings. The van der Waals surface area contributed by atoms with Crippen molar-refractivity contribution in [3.8, 4) is 0 Å². The summed E-state index contributed by atoms with van der Waals surface area (Å²) < 4.78 is 0. The van der Waals surface area contributed by atoms with Crippen molar-refractivity contribution in [2.75, 3.05) is 33.2 Å². The second kappa shape index (κ2) is 5.85. The highest BCUT2D eigenvalue weighted by molar-refractivity contribution is 5.89. The third-order valence-electron chi connectivity index (χ3n) is 4.38. The summed E-state index contributed by atoms with van der Waals surface area (Å²) in [4.78, 5) is 28.3. The van der Waals surface area contributed by atoms with Crippen LogP contribution in [-0.4, -0.2) is 54.8 Å². The summed E-state index contributed by atoms with van der Waals surface area (Å²) >= 11 is 0. The first-order chi connectivity index (χ1) is 10.1. The largest absolute Gasteiger partial charge is 0.355 e. The van der Waals surface area contributed by atoms with Crippen LogP contribution in [0.15, 0.2) is 30.3 Å². The second-order valence-electron chi connectivity index (χ2n) is 5.93. The molecular weight excluding hydrogens is 266 g/mol. The molecule has 2 fully saturated rings. The quantitative estimate of drug-likeness (QED) is 0.868. The average Bonchev–Trinajstić information content (AvgIpc) is 2.94. The lowest BCUT2D eigenvalue weighted by molar-refractivity contribution is -0.140. The molecule has 0 saturated carbocycles. The van der Waals surface area contributed by atoms with Gasteiger partial charge in [-0.05, 0) is 12.6 Å². The van der Waals surface area contributed by atoms with Gasteiger partial charge in [0, 0.05) is 32.6 Å². The predicted octanol–water partition coefficient (Wildman–Crippen LogP) is 0.638. The number of likely N-dealkylation sites (N-methyl/N-ethyl adjacent to an activating group) is 1. The molecule has 5 heteroatoms. The number of amides is 2. The van der Waals surface area contributed by atoms with E-state index in [0.29, 0.717) is 13.0 Å². The van der Waals surface area contributed by atoms with Crippen LogP contribution in [0.5, 0.6) is 0 Å². The molecule has 0 spiro atoms. The number of carbonyl (C=O) groups is 2. The minimum Gasteiger partial charge on any atom is -0.355 e. The number of hydrogen-bond acceptors (Lipinski definition) is 3. The van der Waals surface area contributed by atoms with Gasteiger partial charge in [-0.2, -0.15) is 0 Å². The highest BCUT2D eigenvalue weighted by Gasteiger charge is 2.36. The van der Waals surface area contributed by atoms with E-state index in [-0.39, 0.29) is 23.8 Å². The third-order valence-corrected chi connectivity index (χ3v) is 4.38. The first kappa shape index (κ1) is 14.1. The van der Waals surface area contributed by atoms with E-state index in [9.17, 15) is 9.59 Å². The molecule has 2 atom stereocenters. The SMILES string of the molecule is CN1CCN(C(=O)C2CNC(=O)C2)C(c2ccccc2)C1. The maximum atomic E-state index is 12.8. The lowest BCUT2D eigenvalue weighted by Crippen LogP contribution is -2.51. The molecule has 0 bridgehead atoms. The minimum absolute atomic E-state index is 0.0151.